The summed E-state index contributed by atoms with van der Waals surface area (Å²) in [6.45, 7) is 7.37. The second-order valence-electron chi connectivity index (χ2n) is 6.04. The zero-order valence-corrected chi connectivity index (χ0v) is 12.2. The van der Waals surface area contributed by atoms with Crippen LogP contribution >= 0.6 is 0 Å². The van der Waals surface area contributed by atoms with Gasteiger partial charge in [-0.15, -0.1) is 0 Å². The zero-order valence-electron chi connectivity index (χ0n) is 12.2. The average molecular weight is 268 g/mol. The molecule has 110 valence electrons. The van der Waals surface area contributed by atoms with Gasteiger partial charge in [0.25, 0.3) is 0 Å². The van der Waals surface area contributed by atoms with Crippen molar-refractivity contribution in [3.05, 3.63) is 0 Å². The molecule has 0 bridgehead atoms. The van der Waals surface area contributed by atoms with Crippen molar-refractivity contribution in [3.63, 3.8) is 0 Å². The van der Waals surface area contributed by atoms with Crippen LogP contribution in [0.4, 0.5) is 0 Å². The second kappa shape index (κ2) is 7.25. The van der Waals surface area contributed by atoms with Gasteiger partial charge >= 0.3 is 5.97 Å². The molecule has 1 saturated carbocycles. The smallest absolute Gasteiger partial charge is 0.304 e. The Bertz CT molecular complexity index is 288. The van der Waals surface area contributed by atoms with Gasteiger partial charge in [-0.05, 0) is 18.8 Å². The van der Waals surface area contributed by atoms with Crippen molar-refractivity contribution in [2.45, 2.75) is 51.5 Å². The molecular weight excluding hydrogens is 240 g/mol. The fourth-order valence-electron chi connectivity index (χ4n) is 3.72. The van der Waals surface area contributed by atoms with Gasteiger partial charge in [0.1, 0.15) is 0 Å². The summed E-state index contributed by atoms with van der Waals surface area (Å²) in [6.07, 6.45) is 7.16. The van der Waals surface area contributed by atoms with Crippen molar-refractivity contribution in [2.24, 2.45) is 5.92 Å². The number of rotatable bonds is 5. The normalized spacial score (nSPS) is 30.4. The molecule has 4 heteroatoms. The molecule has 1 heterocycles. The molecular formula is C15H28N2O2. The Hall–Kier alpha value is -0.610. The predicted octanol–water partition coefficient (Wildman–Crippen LogP) is 2.05. The van der Waals surface area contributed by atoms with Crippen molar-refractivity contribution in [1.82, 2.24) is 9.80 Å². The van der Waals surface area contributed by atoms with E-state index in [-0.39, 0.29) is 6.42 Å². The van der Waals surface area contributed by atoms with E-state index in [0.717, 1.165) is 38.1 Å². The van der Waals surface area contributed by atoms with Gasteiger partial charge < -0.3 is 10.0 Å². The van der Waals surface area contributed by atoms with Crippen LogP contribution in [0.3, 0.4) is 0 Å². The molecule has 2 rings (SSSR count). The summed E-state index contributed by atoms with van der Waals surface area (Å²) in [5, 5.41) is 8.73. The van der Waals surface area contributed by atoms with Gasteiger partial charge in [0.15, 0.2) is 0 Å². The van der Waals surface area contributed by atoms with Crippen molar-refractivity contribution in [3.8, 4) is 0 Å². The molecule has 2 atom stereocenters. The van der Waals surface area contributed by atoms with E-state index in [9.17, 15) is 4.79 Å². The standard InChI is InChI=1S/C15H28N2O2/c1-2-13-5-3-4-6-14(13)17-11-9-16(10-12-17)8-7-15(18)19/h13-14H,2-12H2,1H3,(H,18,19). The molecule has 2 fully saturated rings. The molecule has 0 radical (unpaired) electrons. The predicted molar refractivity (Wildman–Crippen MR) is 76.3 cm³/mol. The topological polar surface area (TPSA) is 43.8 Å². The molecule has 1 saturated heterocycles. The monoisotopic (exact) mass is 268 g/mol. The summed E-state index contributed by atoms with van der Waals surface area (Å²) >= 11 is 0. The highest BCUT2D eigenvalue weighted by Crippen LogP contribution is 2.31. The van der Waals surface area contributed by atoms with Crippen LogP contribution in [0.15, 0.2) is 0 Å². The Morgan fingerprint density at radius 1 is 1.16 bits per heavy atom. The van der Waals surface area contributed by atoms with E-state index in [0.29, 0.717) is 6.54 Å². The second-order valence-corrected chi connectivity index (χ2v) is 6.04. The SMILES string of the molecule is CCC1CCCCC1N1CCN(CCC(=O)O)CC1. The molecule has 2 unspecified atom stereocenters. The van der Waals surface area contributed by atoms with Gasteiger partial charge in [-0.3, -0.25) is 9.69 Å². The Kier molecular flexibility index (Phi) is 5.64. The van der Waals surface area contributed by atoms with E-state index < -0.39 is 5.97 Å². The molecule has 0 aromatic heterocycles. The number of carboxylic acid groups (broad SMARTS) is 1. The number of hydrogen-bond acceptors (Lipinski definition) is 3. The molecule has 4 nitrogen and oxygen atoms in total. The van der Waals surface area contributed by atoms with Crippen LogP contribution in [0, 0.1) is 5.92 Å². The summed E-state index contributed by atoms with van der Waals surface area (Å²) in [5.41, 5.74) is 0. The molecule has 0 aromatic rings. The Labute approximate surface area is 116 Å². The van der Waals surface area contributed by atoms with Gasteiger partial charge in [-0.1, -0.05) is 26.2 Å². The third kappa shape index (κ3) is 4.18. The van der Waals surface area contributed by atoms with E-state index >= 15 is 0 Å². The van der Waals surface area contributed by atoms with Crippen molar-refractivity contribution >= 4 is 5.97 Å². The molecule has 1 aliphatic heterocycles. The van der Waals surface area contributed by atoms with Gasteiger partial charge in [0, 0.05) is 38.8 Å². The lowest BCUT2D eigenvalue weighted by atomic mass is 9.81. The summed E-state index contributed by atoms with van der Waals surface area (Å²) < 4.78 is 0. The summed E-state index contributed by atoms with van der Waals surface area (Å²) in [5.74, 6) is 0.208. The number of piperazine rings is 1. The van der Waals surface area contributed by atoms with Crippen LogP contribution in [0.1, 0.15) is 45.4 Å². The van der Waals surface area contributed by atoms with Crippen LogP contribution in [0.25, 0.3) is 0 Å². The maximum atomic E-state index is 10.6. The van der Waals surface area contributed by atoms with E-state index in [1.54, 1.807) is 0 Å². The van der Waals surface area contributed by atoms with Crippen LogP contribution in [-0.4, -0.2) is 59.6 Å². The summed E-state index contributed by atoms with van der Waals surface area (Å²) in [6, 6.07) is 0.792. The number of carboxylic acids is 1. The van der Waals surface area contributed by atoms with E-state index in [4.69, 9.17) is 5.11 Å². The first-order chi connectivity index (χ1) is 9.20. The van der Waals surface area contributed by atoms with Gasteiger partial charge in [0.2, 0.25) is 0 Å². The lowest BCUT2D eigenvalue weighted by Gasteiger charge is -2.44. The van der Waals surface area contributed by atoms with E-state index in [1.807, 2.05) is 0 Å². The minimum absolute atomic E-state index is 0.279. The number of nitrogens with zero attached hydrogens (tertiary/aromatic N) is 2. The Balaban J connectivity index is 1.77. The third-order valence-corrected chi connectivity index (χ3v) is 4.91. The lowest BCUT2D eigenvalue weighted by molar-refractivity contribution is -0.137. The molecule has 0 spiro atoms. The number of hydrogen-bond donors (Lipinski definition) is 1. The Morgan fingerprint density at radius 2 is 1.84 bits per heavy atom. The van der Waals surface area contributed by atoms with Crippen molar-refractivity contribution in [1.29, 1.82) is 0 Å². The highest BCUT2D eigenvalue weighted by molar-refractivity contribution is 5.66. The number of aliphatic carboxylic acids is 1. The van der Waals surface area contributed by atoms with Gasteiger partial charge in [0.05, 0.1) is 6.42 Å². The highest BCUT2D eigenvalue weighted by atomic mass is 16.4. The fraction of sp³-hybridized carbons (Fsp3) is 0.933. The number of carbonyl (C=O) groups is 1. The first kappa shape index (κ1) is 14.8. The molecule has 0 aromatic carbocycles. The minimum atomic E-state index is -0.680. The van der Waals surface area contributed by atoms with Crippen LogP contribution in [0.2, 0.25) is 0 Å². The van der Waals surface area contributed by atoms with E-state index in [2.05, 4.69) is 16.7 Å². The third-order valence-electron chi connectivity index (χ3n) is 4.91. The molecule has 0 amide bonds. The molecule has 2 aliphatic rings. The van der Waals surface area contributed by atoms with Crippen LogP contribution in [0.5, 0.6) is 0 Å². The maximum Gasteiger partial charge on any atom is 0.304 e. The quantitative estimate of drug-likeness (QED) is 0.829. The maximum absolute atomic E-state index is 10.6. The van der Waals surface area contributed by atoms with Gasteiger partial charge in [-0.25, -0.2) is 0 Å². The molecule has 1 N–H and O–H groups in total. The van der Waals surface area contributed by atoms with Crippen molar-refractivity contribution < 1.29 is 9.90 Å². The Morgan fingerprint density at radius 3 is 2.47 bits per heavy atom. The van der Waals surface area contributed by atoms with Gasteiger partial charge in [-0.2, -0.15) is 0 Å². The largest absolute Gasteiger partial charge is 0.481 e. The minimum Gasteiger partial charge on any atom is -0.481 e. The fourth-order valence-corrected chi connectivity index (χ4v) is 3.72. The van der Waals surface area contributed by atoms with Crippen LogP contribution in [-0.2, 0) is 4.79 Å². The zero-order chi connectivity index (χ0) is 13.7. The summed E-state index contributed by atoms with van der Waals surface area (Å²) in [7, 11) is 0. The van der Waals surface area contributed by atoms with Crippen molar-refractivity contribution in [2.75, 3.05) is 32.7 Å². The average Bonchev–Trinajstić information content (AvgIpc) is 2.45. The first-order valence-electron chi connectivity index (χ1n) is 7.89. The molecule has 1 aliphatic carbocycles. The van der Waals surface area contributed by atoms with E-state index in [1.165, 1.54) is 32.1 Å². The highest BCUT2D eigenvalue weighted by Gasteiger charge is 2.30. The summed E-state index contributed by atoms with van der Waals surface area (Å²) in [4.78, 5) is 15.6. The molecule has 19 heavy (non-hydrogen) atoms. The van der Waals surface area contributed by atoms with Crippen LogP contribution < -0.4 is 0 Å². The lowest BCUT2D eigenvalue weighted by Crippen LogP contribution is -2.53. The first-order valence-corrected chi connectivity index (χ1v) is 7.89.